The second-order valence-corrected chi connectivity index (χ2v) is 3.92. The average molecular weight is 237 g/mol. The third-order valence-electron chi connectivity index (χ3n) is 2.86. The number of ketones is 1. The van der Waals surface area contributed by atoms with Crippen molar-refractivity contribution in [2.24, 2.45) is 0 Å². The molecule has 0 spiro atoms. The molecule has 17 heavy (non-hydrogen) atoms. The third-order valence-corrected chi connectivity index (χ3v) is 2.86. The van der Waals surface area contributed by atoms with E-state index in [0.29, 0.717) is 29.5 Å². The van der Waals surface area contributed by atoms with Crippen LogP contribution in [0.5, 0.6) is 0 Å². The molecule has 0 amide bonds. The predicted octanol–water partition coefficient (Wildman–Crippen LogP) is 3.60. The van der Waals surface area contributed by atoms with Crippen LogP contribution in [-0.2, 0) is 6.42 Å². The van der Waals surface area contributed by atoms with Crippen LogP contribution in [0, 0.1) is 11.6 Å². The summed E-state index contributed by atoms with van der Waals surface area (Å²) in [5, 5.41) is 0.339. The number of carbonyl (C=O) groups excluding carboxylic acids is 1. The van der Waals surface area contributed by atoms with Crippen molar-refractivity contribution in [3.63, 3.8) is 0 Å². The number of benzene rings is 1. The minimum absolute atomic E-state index is 0.0990. The molecule has 0 atom stereocenters. The van der Waals surface area contributed by atoms with Crippen LogP contribution in [0.15, 0.2) is 12.1 Å². The molecule has 2 nitrogen and oxygen atoms in total. The number of fused-ring (bicyclic) bond motifs is 1. The lowest BCUT2D eigenvalue weighted by molar-refractivity contribution is 0.0989. The van der Waals surface area contributed by atoms with Gasteiger partial charge in [-0.05, 0) is 12.5 Å². The van der Waals surface area contributed by atoms with E-state index in [0.717, 1.165) is 6.07 Å². The first kappa shape index (κ1) is 11.8. The number of aryl methyl sites for hydroxylation is 1. The summed E-state index contributed by atoms with van der Waals surface area (Å²) in [4.78, 5) is 14.7. The van der Waals surface area contributed by atoms with Gasteiger partial charge >= 0.3 is 0 Å². The zero-order chi connectivity index (χ0) is 12.6. The van der Waals surface area contributed by atoms with Gasteiger partial charge in [-0.3, -0.25) is 4.79 Å². The zero-order valence-electron chi connectivity index (χ0n) is 9.73. The lowest BCUT2D eigenvalue weighted by atomic mass is 10.0. The van der Waals surface area contributed by atoms with Gasteiger partial charge in [0.1, 0.15) is 11.6 Å². The van der Waals surface area contributed by atoms with Crippen LogP contribution in [-0.4, -0.2) is 10.8 Å². The molecule has 0 aliphatic heterocycles. The SMILES string of the molecule is CCC(=O)c1c(CC)[nH]c2c(F)cc(F)cc12. The first-order valence-electron chi connectivity index (χ1n) is 5.61. The Morgan fingerprint density at radius 2 is 2.00 bits per heavy atom. The van der Waals surface area contributed by atoms with E-state index in [4.69, 9.17) is 0 Å². The van der Waals surface area contributed by atoms with Crippen LogP contribution in [0.1, 0.15) is 36.3 Å². The fourth-order valence-corrected chi connectivity index (χ4v) is 2.03. The highest BCUT2D eigenvalue weighted by Crippen LogP contribution is 2.27. The van der Waals surface area contributed by atoms with E-state index in [9.17, 15) is 13.6 Å². The Balaban J connectivity index is 2.83. The van der Waals surface area contributed by atoms with Crippen molar-refractivity contribution in [1.29, 1.82) is 0 Å². The summed E-state index contributed by atoms with van der Waals surface area (Å²) in [5.41, 5.74) is 1.29. The molecular weight excluding hydrogens is 224 g/mol. The second-order valence-electron chi connectivity index (χ2n) is 3.92. The smallest absolute Gasteiger partial charge is 0.165 e. The Hall–Kier alpha value is -1.71. The van der Waals surface area contributed by atoms with E-state index in [1.54, 1.807) is 6.92 Å². The van der Waals surface area contributed by atoms with Crippen molar-refractivity contribution >= 4 is 16.7 Å². The largest absolute Gasteiger partial charge is 0.355 e. The van der Waals surface area contributed by atoms with Crippen molar-refractivity contribution in [3.8, 4) is 0 Å². The van der Waals surface area contributed by atoms with Gasteiger partial charge in [0.2, 0.25) is 0 Å². The molecule has 1 aromatic heterocycles. The van der Waals surface area contributed by atoms with E-state index in [1.807, 2.05) is 6.92 Å². The average Bonchev–Trinajstić information content (AvgIpc) is 2.66. The maximum absolute atomic E-state index is 13.6. The van der Waals surface area contributed by atoms with Gasteiger partial charge < -0.3 is 4.98 Å². The van der Waals surface area contributed by atoms with E-state index in [1.165, 1.54) is 6.07 Å². The number of carbonyl (C=O) groups is 1. The van der Waals surface area contributed by atoms with Gasteiger partial charge in [0.15, 0.2) is 5.78 Å². The molecule has 0 fully saturated rings. The predicted molar refractivity (Wildman–Crippen MR) is 62.2 cm³/mol. The number of H-pyrrole nitrogens is 1. The summed E-state index contributed by atoms with van der Waals surface area (Å²) in [7, 11) is 0. The van der Waals surface area contributed by atoms with Crippen LogP contribution in [0.3, 0.4) is 0 Å². The second kappa shape index (κ2) is 4.28. The molecule has 0 bridgehead atoms. The summed E-state index contributed by atoms with van der Waals surface area (Å²) in [5.74, 6) is -1.43. The molecule has 90 valence electrons. The molecule has 0 aliphatic rings. The summed E-state index contributed by atoms with van der Waals surface area (Å²) in [6.45, 7) is 3.60. The number of halogens is 2. The lowest BCUT2D eigenvalue weighted by Crippen LogP contribution is -1.99. The van der Waals surface area contributed by atoms with Crippen molar-refractivity contribution < 1.29 is 13.6 Å². The van der Waals surface area contributed by atoms with Gasteiger partial charge in [0.05, 0.1) is 5.52 Å². The molecule has 1 N–H and O–H groups in total. The van der Waals surface area contributed by atoms with Crippen LogP contribution >= 0.6 is 0 Å². The summed E-state index contributed by atoms with van der Waals surface area (Å²) in [6.07, 6.45) is 0.898. The number of hydrogen-bond acceptors (Lipinski definition) is 1. The number of hydrogen-bond donors (Lipinski definition) is 1. The molecule has 1 heterocycles. The molecule has 0 unspecified atom stereocenters. The number of aromatic nitrogens is 1. The topological polar surface area (TPSA) is 32.9 Å². The Kier molecular flexibility index (Phi) is 2.96. The van der Waals surface area contributed by atoms with Gasteiger partial charge in [0.25, 0.3) is 0 Å². The van der Waals surface area contributed by atoms with Crippen LogP contribution in [0.25, 0.3) is 10.9 Å². The van der Waals surface area contributed by atoms with Crippen molar-refractivity contribution in [2.75, 3.05) is 0 Å². The lowest BCUT2D eigenvalue weighted by Gasteiger charge is -1.99. The number of Topliss-reactive ketones (excluding diaryl/α,β-unsaturated/α-hetero) is 1. The molecule has 0 saturated carbocycles. The van der Waals surface area contributed by atoms with E-state index in [2.05, 4.69) is 4.98 Å². The summed E-state index contributed by atoms with van der Waals surface area (Å²) < 4.78 is 26.8. The van der Waals surface area contributed by atoms with Gasteiger partial charge in [-0.1, -0.05) is 13.8 Å². The molecule has 0 saturated heterocycles. The highest BCUT2D eigenvalue weighted by atomic mass is 19.1. The van der Waals surface area contributed by atoms with Crippen LogP contribution in [0.2, 0.25) is 0 Å². The molecule has 1 aromatic carbocycles. The highest BCUT2D eigenvalue weighted by Gasteiger charge is 2.18. The Morgan fingerprint density at radius 3 is 2.59 bits per heavy atom. The Bertz CT molecular complexity index is 587. The molecular formula is C13H13F2NO. The van der Waals surface area contributed by atoms with Crippen molar-refractivity contribution in [1.82, 2.24) is 4.98 Å². The third kappa shape index (κ3) is 1.84. The minimum atomic E-state index is -0.665. The number of aromatic amines is 1. The summed E-state index contributed by atoms with van der Waals surface area (Å²) in [6, 6.07) is 2.02. The first-order chi connectivity index (χ1) is 8.08. The number of rotatable bonds is 3. The van der Waals surface area contributed by atoms with Crippen LogP contribution < -0.4 is 0 Å². The molecule has 4 heteroatoms. The first-order valence-corrected chi connectivity index (χ1v) is 5.61. The van der Waals surface area contributed by atoms with E-state index >= 15 is 0 Å². The molecule has 0 radical (unpaired) electrons. The van der Waals surface area contributed by atoms with Gasteiger partial charge in [-0.2, -0.15) is 0 Å². The normalized spacial score (nSPS) is 11.1. The Morgan fingerprint density at radius 1 is 1.29 bits per heavy atom. The Labute approximate surface area is 97.6 Å². The van der Waals surface area contributed by atoms with Crippen molar-refractivity contribution in [2.45, 2.75) is 26.7 Å². The highest BCUT2D eigenvalue weighted by molar-refractivity contribution is 6.09. The molecule has 2 rings (SSSR count). The standard InChI is InChI=1S/C13H13F2NO/c1-3-10-12(11(17)4-2)8-5-7(14)6-9(15)13(8)16-10/h5-6,16H,3-4H2,1-2H3. The van der Waals surface area contributed by atoms with Gasteiger partial charge in [-0.15, -0.1) is 0 Å². The van der Waals surface area contributed by atoms with Gasteiger partial charge in [0, 0.05) is 29.1 Å². The summed E-state index contributed by atoms with van der Waals surface area (Å²) >= 11 is 0. The van der Waals surface area contributed by atoms with Crippen LogP contribution in [0.4, 0.5) is 8.78 Å². The molecule has 2 aromatic rings. The minimum Gasteiger partial charge on any atom is -0.355 e. The van der Waals surface area contributed by atoms with Gasteiger partial charge in [-0.25, -0.2) is 8.78 Å². The van der Waals surface area contributed by atoms with E-state index < -0.39 is 11.6 Å². The maximum atomic E-state index is 13.6. The zero-order valence-corrected chi connectivity index (χ0v) is 9.73. The monoisotopic (exact) mass is 237 g/mol. The van der Waals surface area contributed by atoms with Crippen molar-refractivity contribution in [3.05, 3.63) is 35.0 Å². The van der Waals surface area contributed by atoms with E-state index in [-0.39, 0.29) is 11.3 Å². The quantitative estimate of drug-likeness (QED) is 0.813. The maximum Gasteiger partial charge on any atom is 0.165 e. The number of nitrogens with one attached hydrogen (secondary N) is 1. The molecule has 0 aliphatic carbocycles. The fourth-order valence-electron chi connectivity index (χ4n) is 2.03. The fraction of sp³-hybridized carbons (Fsp3) is 0.308.